The molecule has 6 heteroatoms. The highest BCUT2D eigenvalue weighted by molar-refractivity contribution is 5.91. The molecule has 1 unspecified atom stereocenters. The van der Waals surface area contributed by atoms with E-state index in [2.05, 4.69) is 10.3 Å². The molecule has 0 saturated carbocycles. The SMILES string of the molecule is CC(C)C(C)(O)CNc1ccnc2cc(C(F)(F)F)ccc12. The third kappa shape index (κ3) is 3.50. The Balaban J connectivity index is 2.32. The van der Waals surface area contributed by atoms with Gasteiger partial charge >= 0.3 is 6.18 Å². The average Bonchev–Trinajstić information content (AvgIpc) is 2.43. The summed E-state index contributed by atoms with van der Waals surface area (Å²) in [6.07, 6.45) is -2.93. The topological polar surface area (TPSA) is 45.1 Å². The number of rotatable bonds is 4. The molecule has 2 aromatic rings. The number of hydrogen-bond donors (Lipinski definition) is 2. The fourth-order valence-corrected chi connectivity index (χ4v) is 1.96. The van der Waals surface area contributed by atoms with E-state index >= 15 is 0 Å². The van der Waals surface area contributed by atoms with Crippen molar-refractivity contribution in [1.82, 2.24) is 4.98 Å². The van der Waals surface area contributed by atoms with Crippen LogP contribution in [0.3, 0.4) is 0 Å². The van der Waals surface area contributed by atoms with E-state index in [0.717, 1.165) is 12.1 Å². The molecule has 0 saturated heterocycles. The molecular formula is C16H19F3N2O. The van der Waals surface area contributed by atoms with Crippen LogP contribution in [0.4, 0.5) is 18.9 Å². The van der Waals surface area contributed by atoms with Gasteiger partial charge in [-0.05, 0) is 31.0 Å². The highest BCUT2D eigenvalue weighted by Gasteiger charge is 2.30. The Bertz CT molecular complexity index is 666. The molecule has 1 aromatic carbocycles. The van der Waals surface area contributed by atoms with Crippen LogP contribution in [0.2, 0.25) is 0 Å². The van der Waals surface area contributed by atoms with Crippen LogP contribution in [-0.4, -0.2) is 22.2 Å². The minimum Gasteiger partial charge on any atom is -0.388 e. The molecule has 0 bridgehead atoms. The van der Waals surface area contributed by atoms with E-state index in [4.69, 9.17) is 0 Å². The number of aromatic nitrogens is 1. The third-order valence-electron chi connectivity index (χ3n) is 3.95. The summed E-state index contributed by atoms with van der Waals surface area (Å²) in [7, 11) is 0. The van der Waals surface area contributed by atoms with E-state index < -0.39 is 17.3 Å². The maximum atomic E-state index is 12.7. The van der Waals surface area contributed by atoms with Crippen LogP contribution in [0, 0.1) is 5.92 Å². The third-order valence-corrected chi connectivity index (χ3v) is 3.95. The maximum Gasteiger partial charge on any atom is 0.416 e. The number of fused-ring (bicyclic) bond motifs is 1. The number of pyridine rings is 1. The van der Waals surface area contributed by atoms with Gasteiger partial charge in [-0.2, -0.15) is 13.2 Å². The highest BCUT2D eigenvalue weighted by Crippen LogP contribution is 2.32. The molecule has 0 aliphatic rings. The van der Waals surface area contributed by atoms with Crippen molar-refractivity contribution in [3.8, 4) is 0 Å². The molecule has 0 amide bonds. The van der Waals surface area contributed by atoms with Gasteiger partial charge in [-0.25, -0.2) is 0 Å². The number of benzene rings is 1. The first-order valence-electron chi connectivity index (χ1n) is 7.03. The van der Waals surface area contributed by atoms with Gasteiger partial charge in [-0.3, -0.25) is 4.98 Å². The Hall–Kier alpha value is -1.82. The molecule has 2 N–H and O–H groups in total. The number of alkyl halides is 3. The molecule has 1 heterocycles. The molecule has 0 spiro atoms. The quantitative estimate of drug-likeness (QED) is 0.894. The number of halogens is 3. The molecule has 0 aliphatic heterocycles. The van der Waals surface area contributed by atoms with Crippen LogP contribution < -0.4 is 5.32 Å². The molecule has 22 heavy (non-hydrogen) atoms. The van der Waals surface area contributed by atoms with Gasteiger partial charge in [0.25, 0.3) is 0 Å². The first kappa shape index (κ1) is 16.5. The maximum absolute atomic E-state index is 12.7. The van der Waals surface area contributed by atoms with E-state index in [0.29, 0.717) is 17.6 Å². The zero-order valence-corrected chi connectivity index (χ0v) is 12.7. The van der Waals surface area contributed by atoms with Crippen molar-refractivity contribution in [1.29, 1.82) is 0 Å². The largest absolute Gasteiger partial charge is 0.416 e. The molecule has 1 atom stereocenters. The Labute approximate surface area is 127 Å². The lowest BCUT2D eigenvalue weighted by Gasteiger charge is -2.28. The molecular weight excluding hydrogens is 293 g/mol. The Morgan fingerprint density at radius 2 is 1.91 bits per heavy atom. The summed E-state index contributed by atoms with van der Waals surface area (Å²) >= 11 is 0. The molecule has 0 radical (unpaired) electrons. The summed E-state index contributed by atoms with van der Waals surface area (Å²) < 4.78 is 38.2. The van der Waals surface area contributed by atoms with Gasteiger partial charge < -0.3 is 10.4 Å². The predicted octanol–water partition coefficient (Wildman–Crippen LogP) is 4.07. The Morgan fingerprint density at radius 1 is 1.23 bits per heavy atom. The first-order valence-corrected chi connectivity index (χ1v) is 7.03. The highest BCUT2D eigenvalue weighted by atomic mass is 19.4. The second-order valence-electron chi connectivity index (χ2n) is 5.95. The average molecular weight is 312 g/mol. The minimum atomic E-state index is -4.39. The summed E-state index contributed by atoms with van der Waals surface area (Å²) in [5.74, 6) is 0.0462. The summed E-state index contributed by atoms with van der Waals surface area (Å²) in [4.78, 5) is 3.99. The van der Waals surface area contributed by atoms with E-state index in [1.54, 1.807) is 13.0 Å². The fraction of sp³-hybridized carbons (Fsp3) is 0.438. The Kier molecular flexibility index (Phi) is 4.33. The number of nitrogens with one attached hydrogen (secondary N) is 1. The van der Waals surface area contributed by atoms with E-state index in [-0.39, 0.29) is 11.4 Å². The number of hydrogen-bond acceptors (Lipinski definition) is 3. The van der Waals surface area contributed by atoms with Crippen LogP contribution in [0.5, 0.6) is 0 Å². The predicted molar refractivity (Wildman–Crippen MR) is 80.7 cm³/mol. The van der Waals surface area contributed by atoms with Gasteiger partial charge in [0.15, 0.2) is 0 Å². The second kappa shape index (κ2) is 5.76. The van der Waals surface area contributed by atoms with Crippen LogP contribution in [0.1, 0.15) is 26.3 Å². The molecule has 0 aliphatic carbocycles. The van der Waals surface area contributed by atoms with E-state index in [1.165, 1.54) is 12.3 Å². The van der Waals surface area contributed by atoms with Crippen molar-refractivity contribution in [2.24, 2.45) is 5.92 Å². The molecule has 0 fully saturated rings. The van der Waals surface area contributed by atoms with Gasteiger partial charge in [0.2, 0.25) is 0 Å². The van der Waals surface area contributed by atoms with E-state index in [9.17, 15) is 18.3 Å². The second-order valence-corrected chi connectivity index (χ2v) is 5.95. The van der Waals surface area contributed by atoms with E-state index in [1.807, 2.05) is 13.8 Å². The van der Waals surface area contributed by atoms with Crippen LogP contribution in [0.15, 0.2) is 30.5 Å². The lowest BCUT2D eigenvalue weighted by Crippen LogP contribution is -2.38. The summed E-state index contributed by atoms with van der Waals surface area (Å²) in [6.45, 7) is 5.82. The zero-order valence-electron chi connectivity index (χ0n) is 12.7. The van der Waals surface area contributed by atoms with Crippen molar-refractivity contribution < 1.29 is 18.3 Å². The van der Waals surface area contributed by atoms with Crippen molar-refractivity contribution in [3.05, 3.63) is 36.0 Å². The minimum absolute atomic E-state index is 0.0462. The van der Waals surface area contributed by atoms with Gasteiger partial charge in [0.05, 0.1) is 16.7 Å². The monoisotopic (exact) mass is 312 g/mol. The molecule has 1 aromatic heterocycles. The standard InChI is InChI=1S/C16H19F3N2O/c1-10(2)15(3,22)9-21-13-6-7-20-14-8-11(16(17,18)19)4-5-12(13)14/h4-8,10,22H,9H2,1-3H3,(H,20,21). The molecule has 3 nitrogen and oxygen atoms in total. The lowest BCUT2D eigenvalue weighted by molar-refractivity contribution is -0.137. The molecule has 120 valence electrons. The first-order chi connectivity index (χ1) is 10.1. The normalized spacial score (nSPS) is 15.1. The van der Waals surface area contributed by atoms with Crippen molar-refractivity contribution in [2.75, 3.05) is 11.9 Å². The molecule has 2 rings (SSSR count). The smallest absolute Gasteiger partial charge is 0.388 e. The van der Waals surface area contributed by atoms with Gasteiger partial charge in [-0.15, -0.1) is 0 Å². The zero-order chi connectivity index (χ0) is 16.5. The van der Waals surface area contributed by atoms with Crippen molar-refractivity contribution in [2.45, 2.75) is 32.5 Å². The fourth-order valence-electron chi connectivity index (χ4n) is 1.96. The summed E-state index contributed by atoms with van der Waals surface area (Å²) in [5.41, 5.74) is -0.718. The summed E-state index contributed by atoms with van der Waals surface area (Å²) in [6, 6.07) is 5.15. The lowest BCUT2D eigenvalue weighted by atomic mass is 9.92. The number of anilines is 1. The van der Waals surface area contributed by atoms with Crippen LogP contribution in [-0.2, 0) is 6.18 Å². The van der Waals surface area contributed by atoms with Gasteiger partial charge in [0.1, 0.15) is 0 Å². The van der Waals surface area contributed by atoms with Crippen molar-refractivity contribution >= 4 is 16.6 Å². The summed E-state index contributed by atoms with van der Waals surface area (Å²) in [5, 5.41) is 13.9. The Morgan fingerprint density at radius 3 is 2.50 bits per heavy atom. The van der Waals surface area contributed by atoms with Crippen molar-refractivity contribution in [3.63, 3.8) is 0 Å². The van der Waals surface area contributed by atoms with Crippen LogP contribution in [0.25, 0.3) is 10.9 Å². The van der Waals surface area contributed by atoms with Gasteiger partial charge in [0, 0.05) is 23.8 Å². The van der Waals surface area contributed by atoms with Gasteiger partial charge in [-0.1, -0.05) is 19.9 Å². The number of nitrogens with zero attached hydrogens (tertiary/aromatic N) is 1. The number of aliphatic hydroxyl groups is 1. The van der Waals surface area contributed by atoms with Crippen LogP contribution >= 0.6 is 0 Å².